The summed E-state index contributed by atoms with van der Waals surface area (Å²) in [6.07, 6.45) is -9.04. The molecule has 0 fully saturated rings. The Morgan fingerprint density at radius 1 is 1.47 bits per heavy atom. The molecule has 1 N–H and O–H groups in total. The largest absolute Gasteiger partial charge is 0.505 e. The van der Waals surface area contributed by atoms with Gasteiger partial charge in [0.05, 0.1) is 19.1 Å². The van der Waals surface area contributed by atoms with E-state index < -0.39 is 47.6 Å². The summed E-state index contributed by atoms with van der Waals surface area (Å²) in [6, 6.07) is 0. The molecule has 106 valence electrons. The fraction of sp³-hybridized carbons (Fsp3) is 0.400. The maximum atomic E-state index is 12.6. The summed E-state index contributed by atoms with van der Waals surface area (Å²) in [5.41, 5.74) is -3.66. The monoisotopic (exact) mass is 285 g/mol. The van der Waals surface area contributed by atoms with Gasteiger partial charge in [0.1, 0.15) is 11.4 Å². The molecular weight excluding hydrogens is 277 g/mol. The number of nitrogens with zero attached hydrogens (tertiary/aromatic N) is 1. The smallest absolute Gasteiger partial charge is 0.418 e. The third-order valence-electron chi connectivity index (χ3n) is 2.25. The lowest BCUT2D eigenvalue weighted by Crippen LogP contribution is -2.15. The number of ether oxygens (including phenoxy) is 1. The summed E-state index contributed by atoms with van der Waals surface area (Å²) < 4.78 is 66.9. The third-order valence-corrected chi connectivity index (χ3v) is 2.25. The van der Waals surface area contributed by atoms with Gasteiger partial charge in [-0.3, -0.25) is 9.78 Å². The van der Waals surface area contributed by atoms with Crippen LogP contribution in [0.2, 0.25) is 0 Å². The second-order valence-corrected chi connectivity index (χ2v) is 3.44. The fourth-order valence-electron chi connectivity index (χ4n) is 1.35. The van der Waals surface area contributed by atoms with Crippen molar-refractivity contribution in [2.45, 2.75) is 19.0 Å². The summed E-state index contributed by atoms with van der Waals surface area (Å²) in [5, 5.41) is 9.40. The topological polar surface area (TPSA) is 59.4 Å². The zero-order valence-electron chi connectivity index (χ0n) is 9.46. The van der Waals surface area contributed by atoms with Gasteiger partial charge < -0.3 is 9.84 Å². The van der Waals surface area contributed by atoms with Crippen molar-refractivity contribution in [1.82, 2.24) is 4.98 Å². The van der Waals surface area contributed by atoms with E-state index in [1.165, 1.54) is 0 Å². The van der Waals surface area contributed by atoms with E-state index in [0.29, 0.717) is 0 Å². The molecule has 0 bridgehead atoms. The molecule has 1 rings (SSSR count). The Labute approximate surface area is 103 Å². The van der Waals surface area contributed by atoms with Crippen LogP contribution in [-0.4, -0.2) is 23.2 Å². The van der Waals surface area contributed by atoms with Crippen LogP contribution in [0.1, 0.15) is 23.2 Å². The van der Waals surface area contributed by atoms with Crippen LogP contribution < -0.4 is 0 Å². The minimum atomic E-state index is -4.94. The number of esters is 1. The van der Waals surface area contributed by atoms with Crippen LogP contribution >= 0.6 is 0 Å². The first-order chi connectivity index (χ1) is 8.68. The summed E-state index contributed by atoms with van der Waals surface area (Å²) >= 11 is 0. The maximum absolute atomic E-state index is 12.6. The first-order valence-corrected chi connectivity index (χ1v) is 4.81. The molecule has 0 aromatic carbocycles. The van der Waals surface area contributed by atoms with Gasteiger partial charge in [-0.05, 0) is 0 Å². The van der Waals surface area contributed by atoms with Crippen molar-refractivity contribution in [3.63, 3.8) is 0 Å². The molecule has 0 saturated carbocycles. The lowest BCUT2D eigenvalue weighted by Gasteiger charge is -2.15. The number of alkyl halides is 5. The molecular formula is C10H8F5NO3. The Balaban J connectivity index is 3.42. The summed E-state index contributed by atoms with van der Waals surface area (Å²) in [6.45, 7) is 0. The van der Waals surface area contributed by atoms with Gasteiger partial charge in [0, 0.05) is 11.8 Å². The van der Waals surface area contributed by atoms with Gasteiger partial charge >= 0.3 is 12.1 Å². The number of carbonyl (C=O) groups is 1. The summed E-state index contributed by atoms with van der Waals surface area (Å²) in [7, 11) is 0.919. The molecule has 0 aliphatic heterocycles. The highest BCUT2D eigenvalue weighted by Gasteiger charge is 2.37. The highest BCUT2D eigenvalue weighted by molar-refractivity contribution is 5.74. The van der Waals surface area contributed by atoms with Crippen molar-refractivity contribution in [3.05, 3.63) is 23.0 Å². The zero-order valence-corrected chi connectivity index (χ0v) is 9.46. The van der Waals surface area contributed by atoms with E-state index in [9.17, 15) is 31.9 Å². The molecule has 0 radical (unpaired) electrons. The van der Waals surface area contributed by atoms with E-state index >= 15 is 0 Å². The molecule has 0 atom stereocenters. The van der Waals surface area contributed by atoms with Crippen LogP contribution in [0.4, 0.5) is 22.0 Å². The third kappa shape index (κ3) is 3.30. The van der Waals surface area contributed by atoms with E-state index in [2.05, 4.69) is 9.72 Å². The molecule has 0 spiro atoms. The maximum Gasteiger partial charge on any atom is 0.418 e. The van der Waals surface area contributed by atoms with Gasteiger partial charge in [-0.1, -0.05) is 0 Å². The molecule has 9 heteroatoms. The van der Waals surface area contributed by atoms with Gasteiger partial charge in [0.2, 0.25) is 0 Å². The first-order valence-electron chi connectivity index (χ1n) is 4.81. The lowest BCUT2D eigenvalue weighted by atomic mass is 10.0. The van der Waals surface area contributed by atoms with E-state index in [-0.39, 0.29) is 6.20 Å². The Bertz CT molecular complexity index is 487. The highest BCUT2D eigenvalue weighted by atomic mass is 19.4. The second-order valence-electron chi connectivity index (χ2n) is 3.44. The van der Waals surface area contributed by atoms with Gasteiger partial charge in [-0.15, -0.1) is 0 Å². The number of halogens is 5. The average Bonchev–Trinajstić information content (AvgIpc) is 2.29. The van der Waals surface area contributed by atoms with Crippen LogP contribution in [-0.2, 0) is 22.1 Å². The lowest BCUT2D eigenvalue weighted by molar-refractivity contribution is -0.141. The molecule has 0 aliphatic rings. The quantitative estimate of drug-likeness (QED) is 0.684. The molecule has 0 aliphatic carbocycles. The molecule has 0 saturated heterocycles. The minimum absolute atomic E-state index is 0.152. The molecule has 0 unspecified atom stereocenters. The minimum Gasteiger partial charge on any atom is -0.505 e. The Hall–Kier alpha value is -1.93. The van der Waals surface area contributed by atoms with Crippen molar-refractivity contribution >= 4 is 5.97 Å². The van der Waals surface area contributed by atoms with E-state index in [1.807, 2.05) is 0 Å². The summed E-state index contributed by atoms with van der Waals surface area (Å²) in [5.74, 6) is -2.46. The number of aromatic nitrogens is 1. The number of hydrogen-bond donors (Lipinski definition) is 1. The second kappa shape index (κ2) is 5.37. The average molecular weight is 285 g/mol. The highest BCUT2D eigenvalue weighted by Crippen LogP contribution is 2.39. The van der Waals surface area contributed by atoms with E-state index in [4.69, 9.17) is 0 Å². The predicted octanol–water partition coefficient (Wildman–Crippen LogP) is 2.46. The Morgan fingerprint density at radius 3 is 2.47 bits per heavy atom. The number of methoxy groups -OCH3 is 1. The van der Waals surface area contributed by atoms with Gasteiger partial charge in [-0.25, -0.2) is 8.78 Å². The van der Waals surface area contributed by atoms with E-state index in [0.717, 1.165) is 7.11 Å². The fourth-order valence-corrected chi connectivity index (χ4v) is 1.35. The summed E-state index contributed by atoms with van der Waals surface area (Å²) in [4.78, 5) is 13.9. The van der Waals surface area contributed by atoms with Crippen LogP contribution in [0, 0.1) is 0 Å². The predicted molar refractivity (Wildman–Crippen MR) is 51.6 cm³/mol. The number of rotatable bonds is 3. The normalized spacial score (nSPS) is 11.7. The van der Waals surface area contributed by atoms with Crippen molar-refractivity contribution in [3.8, 4) is 5.75 Å². The van der Waals surface area contributed by atoms with Gasteiger partial charge in [0.25, 0.3) is 6.43 Å². The van der Waals surface area contributed by atoms with Crippen LogP contribution in [0.25, 0.3) is 0 Å². The van der Waals surface area contributed by atoms with Crippen molar-refractivity contribution in [2.75, 3.05) is 7.11 Å². The van der Waals surface area contributed by atoms with Crippen molar-refractivity contribution < 1.29 is 36.6 Å². The number of aromatic hydroxyl groups is 1. The van der Waals surface area contributed by atoms with E-state index in [1.54, 1.807) is 0 Å². The van der Waals surface area contributed by atoms with Crippen molar-refractivity contribution in [2.24, 2.45) is 0 Å². The number of hydrogen-bond acceptors (Lipinski definition) is 4. The SMILES string of the molecule is COC(=O)Cc1c(C(F)(F)F)cnc(C(F)F)c1O. The molecule has 0 amide bonds. The molecule has 4 nitrogen and oxygen atoms in total. The molecule has 1 heterocycles. The Kier molecular flexibility index (Phi) is 4.28. The standard InChI is InChI=1S/C10H8F5NO3/c1-19-6(17)2-4-5(10(13,14)15)3-16-7(8(4)18)9(11)12/h3,9,18H,2H2,1H3. The Morgan fingerprint density at radius 2 is 2.05 bits per heavy atom. The zero-order chi connectivity index (χ0) is 14.8. The van der Waals surface area contributed by atoms with Crippen LogP contribution in [0.15, 0.2) is 6.20 Å². The number of pyridine rings is 1. The number of carbonyl (C=O) groups excluding carboxylic acids is 1. The molecule has 1 aromatic heterocycles. The van der Waals surface area contributed by atoms with Gasteiger partial charge in [0.15, 0.2) is 0 Å². The van der Waals surface area contributed by atoms with Gasteiger partial charge in [-0.2, -0.15) is 13.2 Å². The molecule has 1 aromatic rings. The van der Waals surface area contributed by atoms with Crippen LogP contribution in [0.5, 0.6) is 5.75 Å². The first kappa shape index (κ1) is 15.1. The van der Waals surface area contributed by atoms with Crippen molar-refractivity contribution in [1.29, 1.82) is 0 Å². The molecule has 19 heavy (non-hydrogen) atoms. The van der Waals surface area contributed by atoms with Crippen LogP contribution in [0.3, 0.4) is 0 Å².